The van der Waals surface area contributed by atoms with Crippen molar-refractivity contribution < 1.29 is 22.7 Å². The lowest BCUT2D eigenvalue weighted by Crippen LogP contribution is -2.31. The van der Waals surface area contributed by atoms with E-state index in [0.29, 0.717) is 49.8 Å². The van der Waals surface area contributed by atoms with Crippen LogP contribution in [0.15, 0.2) is 52.4 Å². The molecule has 10 heteroatoms. The molecule has 1 amide bonds. The van der Waals surface area contributed by atoms with Crippen molar-refractivity contribution in [3.63, 3.8) is 0 Å². The molecule has 1 fully saturated rings. The molecule has 36 heavy (non-hydrogen) atoms. The Morgan fingerprint density at radius 3 is 2.39 bits per heavy atom. The number of rotatable bonds is 9. The van der Waals surface area contributed by atoms with Crippen LogP contribution in [0.2, 0.25) is 0 Å². The zero-order chi connectivity index (χ0) is 25.5. The number of hydrogen-bond acceptors (Lipinski definition) is 6. The van der Waals surface area contributed by atoms with Crippen molar-refractivity contribution in [2.45, 2.75) is 51.0 Å². The first-order valence-electron chi connectivity index (χ1n) is 12.5. The zero-order valence-corrected chi connectivity index (χ0v) is 22.4. The Hall–Kier alpha value is -2.53. The van der Waals surface area contributed by atoms with Gasteiger partial charge >= 0.3 is 0 Å². The highest BCUT2D eigenvalue weighted by Crippen LogP contribution is 2.24. The van der Waals surface area contributed by atoms with Crippen molar-refractivity contribution in [2.75, 3.05) is 32.9 Å². The number of amides is 1. The van der Waals surface area contributed by atoms with Gasteiger partial charge in [0.2, 0.25) is 10.0 Å². The lowest BCUT2D eigenvalue weighted by molar-refractivity contribution is 0.0996. The van der Waals surface area contributed by atoms with E-state index in [9.17, 15) is 13.2 Å². The normalized spacial score (nSPS) is 15.8. The number of carbonyl (C=O) groups excluding carboxylic acids is 1. The maximum atomic E-state index is 13.1. The quantitative estimate of drug-likeness (QED) is 0.381. The number of benzene rings is 2. The van der Waals surface area contributed by atoms with E-state index in [-0.39, 0.29) is 4.90 Å². The van der Waals surface area contributed by atoms with E-state index < -0.39 is 15.9 Å². The maximum Gasteiger partial charge on any atom is 0.279 e. The molecule has 8 nitrogen and oxygen atoms in total. The fraction of sp³-hybridized carbons (Fsp3) is 0.462. The Labute approximate surface area is 216 Å². The molecule has 2 heterocycles. The summed E-state index contributed by atoms with van der Waals surface area (Å²) in [6, 6.07) is 11.9. The van der Waals surface area contributed by atoms with Gasteiger partial charge in [-0.05, 0) is 69.2 Å². The molecule has 0 unspecified atom stereocenters. The lowest BCUT2D eigenvalue weighted by atomic mass is 10.2. The first-order chi connectivity index (χ1) is 17.4. The molecule has 1 aromatic heterocycles. The van der Waals surface area contributed by atoms with Crippen LogP contribution in [0.3, 0.4) is 0 Å². The predicted molar refractivity (Wildman–Crippen MR) is 141 cm³/mol. The molecule has 194 valence electrons. The van der Waals surface area contributed by atoms with Crippen molar-refractivity contribution in [3.8, 4) is 5.75 Å². The number of hydrogen-bond donors (Lipinski definition) is 0. The van der Waals surface area contributed by atoms with Crippen LogP contribution in [0.1, 0.15) is 49.9 Å². The smallest absolute Gasteiger partial charge is 0.279 e. The van der Waals surface area contributed by atoms with Crippen LogP contribution in [0.4, 0.5) is 0 Å². The Bertz CT molecular complexity index is 1350. The first kappa shape index (κ1) is 26.5. The molecule has 0 bridgehead atoms. The van der Waals surface area contributed by atoms with Gasteiger partial charge in [-0.15, -0.1) is 0 Å². The molecular weight excluding hydrogens is 498 g/mol. The summed E-state index contributed by atoms with van der Waals surface area (Å²) in [7, 11) is -3.57. The van der Waals surface area contributed by atoms with Crippen LogP contribution >= 0.6 is 11.3 Å². The second-order valence-corrected chi connectivity index (χ2v) is 11.5. The molecule has 1 saturated heterocycles. The summed E-state index contributed by atoms with van der Waals surface area (Å²) in [6.45, 7) is 7.19. The van der Waals surface area contributed by atoms with Gasteiger partial charge in [-0.3, -0.25) is 4.79 Å². The number of carbonyl (C=O) groups is 1. The van der Waals surface area contributed by atoms with Gasteiger partial charge in [0.1, 0.15) is 5.75 Å². The number of fused-ring (bicyclic) bond motifs is 1. The molecule has 3 aromatic rings. The van der Waals surface area contributed by atoms with Crippen LogP contribution in [0, 0.1) is 0 Å². The molecule has 0 radical (unpaired) electrons. The van der Waals surface area contributed by atoms with E-state index in [1.807, 2.05) is 36.6 Å². The fourth-order valence-electron chi connectivity index (χ4n) is 4.26. The van der Waals surface area contributed by atoms with Crippen molar-refractivity contribution in [3.05, 3.63) is 52.8 Å². The van der Waals surface area contributed by atoms with Crippen molar-refractivity contribution in [2.24, 2.45) is 4.99 Å². The highest BCUT2D eigenvalue weighted by atomic mass is 32.2. The van der Waals surface area contributed by atoms with Gasteiger partial charge in [0.25, 0.3) is 5.91 Å². The molecule has 0 saturated carbocycles. The monoisotopic (exact) mass is 531 g/mol. The van der Waals surface area contributed by atoms with Crippen LogP contribution in [-0.2, 0) is 21.3 Å². The van der Waals surface area contributed by atoms with Crippen LogP contribution in [0.5, 0.6) is 5.75 Å². The summed E-state index contributed by atoms with van der Waals surface area (Å²) < 4.78 is 41.7. The van der Waals surface area contributed by atoms with Gasteiger partial charge in [0, 0.05) is 31.8 Å². The lowest BCUT2D eigenvalue weighted by Gasteiger charge is -2.19. The van der Waals surface area contributed by atoms with Gasteiger partial charge in [-0.1, -0.05) is 24.2 Å². The van der Waals surface area contributed by atoms with E-state index in [4.69, 9.17) is 9.47 Å². The van der Waals surface area contributed by atoms with Gasteiger partial charge in [0.05, 0.1) is 28.3 Å². The largest absolute Gasteiger partial charge is 0.494 e. The highest BCUT2D eigenvalue weighted by Gasteiger charge is 2.25. The molecule has 0 N–H and O–H groups in total. The molecule has 2 aromatic carbocycles. The zero-order valence-electron chi connectivity index (χ0n) is 20.8. The molecule has 0 spiro atoms. The fourth-order valence-corrected chi connectivity index (χ4v) is 6.86. The third-order valence-corrected chi connectivity index (χ3v) is 9.08. The summed E-state index contributed by atoms with van der Waals surface area (Å²) in [5, 5.41) is 0. The topological polar surface area (TPSA) is 90.2 Å². The van der Waals surface area contributed by atoms with Crippen LogP contribution < -0.4 is 9.54 Å². The van der Waals surface area contributed by atoms with Crippen molar-refractivity contribution >= 4 is 37.5 Å². The minimum atomic E-state index is -3.57. The third kappa shape index (κ3) is 6.05. The van der Waals surface area contributed by atoms with Crippen LogP contribution in [-0.4, -0.2) is 56.1 Å². The van der Waals surface area contributed by atoms with Crippen molar-refractivity contribution in [1.29, 1.82) is 0 Å². The summed E-state index contributed by atoms with van der Waals surface area (Å²) in [5.41, 5.74) is 1.29. The average molecular weight is 532 g/mol. The molecule has 0 aliphatic carbocycles. The van der Waals surface area contributed by atoms with E-state index in [0.717, 1.165) is 41.6 Å². The predicted octanol–water partition coefficient (Wildman–Crippen LogP) is 4.44. The maximum absolute atomic E-state index is 13.1. The molecule has 0 atom stereocenters. The van der Waals surface area contributed by atoms with Gasteiger partial charge in [-0.25, -0.2) is 8.42 Å². The third-order valence-electron chi connectivity index (χ3n) is 6.13. The SMILES string of the molecule is CCOCCn1c(=NC(=O)c2ccc(S(=O)(=O)N3CCCCCC3)cc2)sc2cc(OCC)ccc21. The summed E-state index contributed by atoms with van der Waals surface area (Å²) in [5.74, 6) is 0.345. The van der Waals surface area contributed by atoms with Crippen LogP contribution in [0.25, 0.3) is 10.2 Å². The molecule has 1 aliphatic heterocycles. The van der Waals surface area contributed by atoms with Crippen molar-refractivity contribution in [1.82, 2.24) is 8.87 Å². The Morgan fingerprint density at radius 2 is 1.72 bits per heavy atom. The molecular formula is C26H33N3O5S2. The van der Waals surface area contributed by atoms with Gasteiger partial charge < -0.3 is 14.0 Å². The van der Waals surface area contributed by atoms with Gasteiger partial charge in [-0.2, -0.15) is 9.30 Å². The average Bonchev–Trinajstić information content (AvgIpc) is 3.03. The standard InChI is InChI=1S/C26H33N3O5S2/c1-3-33-18-17-29-23-14-11-21(34-4-2)19-24(23)35-26(29)27-25(30)20-9-12-22(13-10-20)36(31,32)28-15-7-5-6-8-16-28/h9-14,19H,3-8,15-18H2,1-2H3. The van der Waals surface area contributed by atoms with E-state index >= 15 is 0 Å². The second kappa shape index (κ2) is 12.1. The highest BCUT2D eigenvalue weighted by molar-refractivity contribution is 7.89. The van der Waals surface area contributed by atoms with E-state index in [1.54, 1.807) is 16.4 Å². The summed E-state index contributed by atoms with van der Waals surface area (Å²) in [4.78, 5) is 18.2. The Balaban J connectivity index is 1.62. The van der Waals surface area contributed by atoms with E-state index in [2.05, 4.69) is 4.99 Å². The molecule has 1 aliphatic rings. The van der Waals surface area contributed by atoms with E-state index in [1.165, 1.54) is 23.5 Å². The Morgan fingerprint density at radius 1 is 1.00 bits per heavy atom. The number of aromatic nitrogens is 1. The number of nitrogens with zero attached hydrogens (tertiary/aromatic N) is 3. The summed E-state index contributed by atoms with van der Waals surface area (Å²) >= 11 is 1.41. The summed E-state index contributed by atoms with van der Waals surface area (Å²) in [6.07, 6.45) is 3.85. The van der Waals surface area contributed by atoms with Gasteiger partial charge in [0.15, 0.2) is 4.80 Å². The minimum Gasteiger partial charge on any atom is -0.494 e. The number of thiazole rings is 1. The Kier molecular flexibility index (Phi) is 8.95. The first-order valence-corrected chi connectivity index (χ1v) is 14.7. The second-order valence-electron chi connectivity index (χ2n) is 8.56. The number of ether oxygens (including phenoxy) is 2. The minimum absolute atomic E-state index is 0.207. The molecule has 4 rings (SSSR count). The number of sulfonamides is 1.